The molecule has 2 N–H and O–H groups in total. The Labute approximate surface area is 125 Å². The third-order valence-corrected chi connectivity index (χ3v) is 4.00. The number of halogens is 3. The predicted octanol–water partition coefficient (Wildman–Crippen LogP) is 3.44. The largest absolute Gasteiger partial charge is 0.344 e. The quantitative estimate of drug-likeness (QED) is 0.614. The Bertz CT molecular complexity index is 603. The van der Waals surface area contributed by atoms with Crippen LogP contribution in [0.2, 0.25) is 0 Å². The minimum absolute atomic E-state index is 0.317. The molecule has 1 heterocycles. The van der Waals surface area contributed by atoms with Gasteiger partial charge in [-0.15, -0.1) is 0 Å². The first-order valence-corrected chi connectivity index (χ1v) is 6.78. The van der Waals surface area contributed by atoms with Crippen LogP contribution < -0.4 is 5.43 Å². The van der Waals surface area contributed by atoms with Crippen molar-refractivity contribution in [2.75, 3.05) is 0 Å². The molecule has 2 rings (SSSR count). The molecule has 1 aromatic heterocycles. The van der Waals surface area contributed by atoms with Crippen LogP contribution in [0.25, 0.3) is 0 Å². The summed E-state index contributed by atoms with van der Waals surface area (Å²) in [6.45, 7) is 0. The average Bonchev–Trinajstić information content (AvgIpc) is 2.72. The van der Waals surface area contributed by atoms with Crippen LogP contribution in [0.1, 0.15) is 16.1 Å². The van der Waals surface area contributed by atoms with Crippen LogP contribution >= 0.6 is 31.9 Å². The molecule has 4 nitrogen and oxygen atoms in total. The summed E-state index contributed by atoms with van der Waals surface area (Å²) < 4.78 is 14.1. The number of hydrogen-bond donors (Lipinski definition) is 2. The first-order chi connectivity index (χ1) is 9.06. The number of amides is 1. The minimum Gasteiger partial charge on any atom is -0.344 e. The van der Waals surface area contributed by atoms with Crippen LogP contribution in [0.3, 0.4) is 0 Å². The van der Waals surface area contributed by atoms with Gasteiger partial charge >= 0.3 is 0 Å². The zero-order chi connectivity index (χ0) is 13.8. The lowest BCUT2D eigenvalue weighted by Gasteiger charge is -1.96. The molecule has 19 heavy (non-hydrogen) atoms. The van der Waals surface area contributed by atoms with Gasteiger partial charge in [0.2, 0.25) is 0 Å². The van der Waals surface area contributed by atoms with E-state index in [4.69, 9.17) is 0 Å². The fourth-order valence-corrected chi connectivity index (χ4v) is 1.96. The number of hydrogen-bond acceptors (Lipinski definition) is 2. The Kier molecular flexibility index (Phi) is 4.49. The Morgan fingerprint density at radius 2 is 2.00 bits per heavy atom. The van der Waals surface area contributed by atoms with Gasteiger partial charge in [0.25, 0.3) is 5.91 Å². The summed E-state index contributed by atoms with van der Waals surface area (Å²) in [5.74, 6) is -0.688. The lowest BCUT2D eigenvalue weighted by Crippen LogP contribution is -2.17. The number of aromatic nitrogens is 1. The summed E-state index contributed by atoms with van der Waals surface area (Å²) in [7, 11) is 0. The Balaban J connectivity index is 1.98. The Morgan fingerprint density at radius 3 is 2.58 bits per heavy atom. The fraction of sp³-hybridized carbons (Fsp3) is 0. The molecule has 2 aromatic rings. The molecule has 0 saturated heterocycles. The van der Waals surface area contributed by atoms with Gasteiger partial charge in [0.15, 0.2) is 0 Å². The summed E-state index contributed by atoms with van der Waals surface area (Å²) in [6.07, 6.45) is 1.43. The minimum atomic E-state index is -0.371. The van der Waals surface area contributed by atoms with Crippen LogP contribution in [0.15, 0.2) is 44.5 Å². The second kappa shape index (κ2) is 6.12. The second-order valence-electron chi connectivity index (χ2n) is 3.60. The van der Waals surface area contributed by atoms with Gasteiger partial charge in [-0.25, -0.2) is 9.82 Å². The van der Waals surface area contributed by atoms with Gasteiger partial charge in [-0.1, -0.05) is 12.1 Å². The van der Waals surface area contributed by atoms with Crippen molar-refractivity contribution >= 4 is 44.0 Å². The van der Waals surface area contributed by atoms with E-state index < -0.39 is 0 Å². The normalized spacial score (nSPS) is 10.9. The SMILES string of the molecule is O=C(N/N=C/c1ccc(F)cc1)c1cc(Br)c(Br)[nH]1. The molecular weight excluding hydrogens is 381 g/mol. The molecule has 7 heteroatoms. The van der Waals surface area contributed by atoms with Gasteiger partial charge in [-0.05, 0) is 55.6 Å². The summed E-state index contributed by atoms with van der Waals surface area (Å²) in [4.78, 5) is 14.5. The average molecular weight is 389 g/mol. The molecule has 0 unspecified atom stereocenters. The molecule has 0 bridgehead atoms. The van der Waals surface area contributed by atoms with Crippen molar-refractivity contribution in [3.05, 3.63) is 56.5 Å². The molecule has 1 amide bonds. The molecule has 0 aliphatic heterocycles. The van der Waals surface area contributed by atoms with E-state index in [1.54, 1.807) is 18.2 Å². The molecule has 0 radical (unpaired) electrons. The molecule has 0 spiro atoms. The van der Waals surface area contributed by atoms with Gasteiger partial charge in [0, 0.05) is 0 Å². The molecular formula is C12H8Br2FN3O. The van der Waals surface area contributed by atoms with E-state index in [-0.39, 0.29) is 11.7 Å². The van der Waals surface area contributed by atoms with E-state index in [0.717, 1.165) is 4.47 Å². The highest BCUT2D eigenvalue weighted by Gasteiger charge is 2.09. The summed E-state index contributed by atoms with van der Waals surface area (Å²) in [6, 6.07) is 7.40. The fourth-order valence-electron chi connectivity index (χ4n) is 1.30. The van der Waals surface area contributed by atoms with Crippen molar-refractivity contribution in [1.29, 1.82) is 0 Å². The lowest BCUT2D eigenvalue weighted by atomic mass is 10.2. The van der Waals surface area contributed by atoms with E-state index in [9.17, 15) is 9.18 Å². The van der Waals surface area contributed by atoms with Crippen molar-refractivity contribution in [3.63, 3.8) is 0 Å². The number of benzene rings is 1. The molecule has 0 fully saturated rings. The molecule has 1 aromatic carbocycles. The number of hydrazone groups is 1. The van der Waals surface area contributed by atoms with E-state index >= 15 is 0 Å². The molecule has 0 aliphatic carbocycles. The van der Waals surface area contributed by atoms with Gasteiger partial charge in [-0.2, -0.15) is 5.10 Å². The van der Waals surface area contributed by atoms with Crippen molar-refractivity contribution in [2.24, 2.45) is 5.10 Å². The van der Waals surface area contributed by atoms with Gasteiger partial charge in [-0.3, -0.25) is 4.79 Å². The third-order valence-electron chi connectivity index (χ3n) is 2.22. The van der Waals surface area contributed by atoms with Crippen molar-refractivity contribution in [1.82, 2.24) is 10.4 Å². The van der Waals surface area contributed by atoms with Crippen LogP contribution in [-0.2, 0) is 0 Å². The first-order valence-electron chi connectivity index (χ1n) is 5.19. The molecule has 0 aliphatic rings. The molecule has 0 saturated carbocycles. The number of H-pyrrole nitrogens is 1. The predicted molar refractivity (Wildman–Crippen MR) is 77.7 cm³/mol. The zero-order valence-corrected chi connectivity index (χ0v) is 12.6. The lowest BCUT2D eigenvalue weighted by molar-refractivity contribution is 0.0950. The van der Waals surface area contributed by atoms with Crippen LogP contribution in [0.5, 0.6) is 0 Å². The highest BCUT2D eigenvalue weighted by atomic mass is 79.9. The van der Waals surface area contributed by atoms with Gasteiger partial charge in [0.1, 0.15) is 11.5 Å². The first kappa shape index (κ1) is 14.0. The van der Waals surface area contributed by atoms with Crippen LogP contribution in [0, 0.1) is 5.82 Å². The van der Waals surface area contributed by atoms with Crippen LogP contribution in [0.4, 0.5) is 4.39 Å². The van der Waals surface area contributed by atoms with Crippen LogP contribution in [-0.4, -0.2) is 17.1 Å². The number of nitrogens with zero attached hydrogens (tertiary/aromatic N) is 1. The molecule has 98 valence electrons. The van der Waals surface area contributed by atoms with Crippen molar-refractivity contribution in [3.8, 4) is 0 Å². The monoisotopic (exact) mass is 387 g/mol. The zero-order valence-electron chi connectivity index (χ0n) is 9.45. The number of carbonyl (C=O) groups excluding carboxylic acids is 1. The Hall–Kier alpha value is -1.47. The summed E-state index contributed by atoms with van der Waals surface area (Å²) in [5, 5.41) is 3.79. The van der Waals surface area contributed by atoms with E-state index in [1.165, 1.54) is 18.3 Å². The maximum absolute atomic E-state index is 12.7. The second-order valence-corrected chi connectivity index (χ2v) is 5.24. The topological polar surface area (TPSA) is 57.2 Å². The van der Waals surface area contributed by atoms with E-state index in [1.807, 2.05) is 0 Å². The van der Waals surface area contributed by atoms with E-state index in [0.29, 0.717) is 15.9 Å². The van der Waals surface area contributed by atoms with E-state index in [2.05, 4.69) is 47.4 Å². The standard InChI is InChI=1S/C12H8Br2FN3O/c13-9-5-10(17-11(9)14)12(19)18-16-6-7-1-3-8(15)4-2-7/h1-6,17H,(H,18,19)/b16-6+. The number of aromatic amines is 1. The number of carbonyl (C=O) groups is 1. The number of nitrogens with one attached hydrogen (secondary N) is 2. The maximum Gasteiger partial charge on any atom is 0.287 e. The highest BCUT2D eigenvalue weighted by molar-refractivity contribution is 9.13. The highest BCUT2D eigenvalue weighted by Crippen LogP contribution is 2.22. The third kappa shape index (κ3) is 3.74. The summed E-state index contributed by atoms with van der Waals surface area (Å²) in [5.41, 5.74) is 3.43. The van der Waals surface area contributed by atoms with Crippen molar-refractivity contribution in [2.45, 2.75) is 0 Å². The van der Waals surface area contributed by atoms with Gasteiger partial charge in [0.05, 0.1) is 15.3 Å². The molecule has 0 atom stereocenters. The maximum atomic E-state index is 12.7. The number of rotatable bonds is 3. The van der Waals surface area contributed by atoms with Crippen molar-refractivity contribution < 1.29 is 9.18 Å². The summed E-state index contributed by atoms with van der Waals surface area (Å²) >= 11 is 6.50. The smallest absolute Gasteiger partial charge is 0.287 e. The Morgan fingerprint density at radius 1 is 1.32 bits per heavy atom. The van der Waals surface area contributed by atoms with Gasteiger partial charge < -0.3 is 4.98 Å².